The third-order valence-electron chi connectivity index (χ3n) is 11.9. The fraction of sp³-hybridized carbons (Fsp3) is 0.488. The Labute approximate surface area is 342 Å². The van der Waals surface area contributed by atoms with Crippen molar-refractivity contribution in [2.24, 2.45) is 17.8 Å². The molecule has 8 rings (SSSR count). The van der Waals surface area contributed by atoms with Crippen LogP contribution in [-0.4, -0.2) is 113 Å². The molecule has 2 unspecified atom stereocenters. The molecule has 5 heterocycles. The average molecular weight is 809 g/mol. The minimum absolute atomic E-state index is 0.0332. The van der Waals surface area contributed by atoms with E-state index < -0.39 is 24.3 Å². The highest BCUT2D eigenvalue weighted by molar-refractivity contribution is 5.87. The summed E-state index contributed by atoms with van der Waals surface area (Å²) in [6.45, 7) is 5.90. The summed E-state index contributed by atoms with van der Waals surface area (Å²) in [4.78, 5) is 71.7. The number of hydrogen-bond acceptors (Lipinski definition) is 10. The van der Waals surface area contributed by atoms with Crippen molar-refractivity contribution in [1.82, 2.24) is 40.4 Å². The molecule has 0 radical (unpaired) electrons. The smallest absolute Gasteiger partial charge is 0.407 e. The number of H-pyrrole nitrogens is 2. The van der Waals surface area contributed by atoms with E-state index in [1.807, 2.05) is 37.1 Å². The summed E-state index contributed by atoms with van der Waals surface area (Å²) in [5.41, 5.74) is 5.44. The number of nitrogens with one attached hydrogen (secondary N) is 4. The molecule has 3 fully saturated rings. The molecule has 2 aromatic carbocycles. The van der Waals surface area contributed by atoms with Crippen molar-refractivity contribution in [1.29, 1.82) is 0 Å². The number of amides is 4. The number of carbonyl (C=O) groups excluding carboxylic acids is 4. The van der Waals surface area contributed by atoms with E-state index in [0.29, 0.717) is 62.6 Å². The lowest BCUT2D eigenvalue weighted by molar-refractivity contribution is -0.137. The van der Waals surface area contributed by atoms with Gasteiger partial charge in [0, 0.05) is 25.3 Å². The maximum Gasteiger partial charge on any atom is 0.407 e. The number of nitrogens with zero attached hydrogens (tertiary/aromatic N) is 4. The molecular formula is C43H52N8O8. The zero-order valence-electron chi connectivity index (χ0n) is 33.9. The number of likely N-dealkylation sites (tertiary alicyclic amines) is 1. The first-order valence-electron chi connectivity index (χ1n) is 20.5. The summed E-state index contributed by atoms with van der Waals surface area (Å²) < 4.78 is 21.9. The average Bonchev–Trinajstić information content (AvgIpc) is 3.78. The number of piperidine rings is 1. The lowest BCUT2D eigenvalue weighted by Crippen LogP contribution is -2.51. The molecule has 0 spiro atoms. The molecule has 2 bridgehead atoms. The lowest BCUT2D eigenvalue weighted by atomic mass is 10.00. The monoisotopic (exact) mass is 808 g/mol. The molecule has 2 aromatic heterocycles. The van der Waals surface area contributed by atoms with Gasteiger partial charge in [-0.15, -0.1) is 0 Å². The Morgan fingerprint density at radius 1 is 0.881 bits per heavy atom. The van der Waals surface area contributed by atoms with Crippen LogP contribution in [0.4, 0.5) is 9.59 Å². The van der Waals surface area contributed by atoms with Crippen LogP contribution in [0.25, 0.3) is 33.6 Å². The third-order valence-corrected chi connectivity index (χ3v) is 11.9. The Morgan fingerprint density at radius 3 is 2.37 bits per heavy atom. The highest BCUT2D eigenvalue weighted by Gasteiger charge is 2.56. The normalized spacial score (nSPS) is 23.4. The Kier molecular flexibility index (Phi) is 11.6. The van der Waals surface area contributed by atoms with Crippen LogP contribution in [0.2, 0.25) is 0 Å². The SMILES string of the molecule is COC(=O)N[C@H]1COCCCCOc2cc(-c3ccc(-c4cnc([C@H]5C6CC6CN5C(=O)[C@H](NC(=O)OC)C(C)C)[nH]4)cc3)ccc2-c2cnc([nH]2)[C@@H]2CCCN2C1=O. The van der Waals surface area contributed by atoms with Crippen molar-refractivity contribution >= 4 is 24.0 Å². The van der Waals surface area contributed by atoms with Gasteiger partial charge in [0.2, 0.25) is 11.8 Å². The first-order valence-corrected chi connectivity index (χ1v) is 20.5. The molecular weight excluding hydrogens is 757 g/mol. The number of aromatic amines is 2. The second-order valence-corrected chi connectivity index (χ2v) is 16.1. The predicted octanol–water partition coefficient (Wildman–Crippen LogP) is 5.61. The molecule has 4 aromatic rings. The van der Waals surface area contributed by atoms with Crippen molar-refractivity contribution < 1.29 is 38.1 Å². The zero-order valence-corrected chi connectivity index (χ0v) is 33.9. The van der Waals surface area contributed by atoms with E-state index in [2.05, 4.69) is 50.9 Å². The van der Waals surface area contributed by atoms with Gasteiger partial charge in [-0.3, -0.25) is 9.59 Å². The molecule has 1 saturated carbocycles. The summed E-state index contributed by atoms with van der Waals surface area (Å²) in [7, 11) is 2.56. The third kappa shape index (κ3) is 8.36. The van der Waals surface area contributed by atoms with Crippen LogP contribution in [0.15, 0.2) is 54.9 Å². The standard InChI is InChI=1S/C43H52N8O8/c1-24(2)36(49-43(55)57-4)41(53)51-22-28-18-30(28)37(51)39-45-20-31(46-39)26-11-9-25(10-12-26)27-13-14-29-32-21-44-38(47-32)34-8-7-15-50(34)40(52)33(48-42(54)56-3)23-58-16-5-6-17-59-35(29)19-27/h9-14,19-21,24,28,30,33-34,36-37H,5-8,15-18,22-23H2,1-4H3,(H,44,47)(H,45,46)(H,48,54)(H,49,55)/t28?,30?,33-,34-,36+,37+/m0/s1. The molecule has 16 nitrogen and oxygen atoms in total. The van der Waals surface area contributed by atoms with E-state index in [1.165, 1.54) is 14.2 Å². The second-order valence-electron chi connectivity index (χ2n) is 16.1. The van der Waals surface area contributed by atoms with E-state index in [9.17, 15) is 19.2 Å². The Balaban J connectivity index is 1.01. The highest BCUT2D eigenvalue weighted by atomic mass is 16.5. The largest absolute Gasteiger partial charge is 0.493 e. The summed E-state index contributed by atoms with van der Waals surface area (Å²) in [5.74, 6) is 2.44. The predicted molar refractivity (Wildman–Crippen MR) is 216 cm³/mol. The Hall–Kier alpha value is -5.90. The summed E-state index contributed by atoms with van der Waals surface area (Å²) in [6, 6.07) is 12.4. The molecule has 6 atom stereocenters. The van der Waals surface area contributed by atoms with Crippen molar-refractivity contribution in [3.8, 4) is 39.4 Å². The molecule has 3 aliphatic heterocycles. The van der Waals surface area contributed by atoms with Gasteiger partial charge >= 0.3 is 12.2 Å². The first kappa shape index (κ1) is 39.9. The van der Waals surface area contributed by atoms with Gasteiger partial charge in [0.05, 0.1) is 63.3 Å². The molecule has 2 saturated heterocycles. The molecule has 4 N–H and O–H groups in total. The number of alkyl carbamates (subject to hydrolysis) is 2. The minimum atomic E-state index is -0.876. The number of imidazole rings is 2. The van der Waals surface area contributed by atoms with Gasteiger partial charge in [-0.05, 0) is 78.7 Å². The Bertz CT molecular complexity index is 2170. The number of fused-ring (bicyclic) bond motifs is 7. The van der Waals surface area contributed by atoms with Crippen LogP contribution in [0.5, 0.6) is 5.75 Å². The number of rotatable bonds is 7. The first-order chi connectivity index (χ1) is 28.6. The maximum atomic E-state index is 13.8. The van der Waals surface area contributed by atoms with Gasteiger partial charge in [0.1, 0.15) is 29.5 Å². The van der Waals surface area contributed by atoms with Crippen LogP contribution >= 0.6 is 0 Å². The maximum absolute atomic E-state index is 13.8. The van der Waals surface area contributed by atoms with Gasteiger partial charge < -0.3 is 49.3 Å². The van der Waals surface area contributed by atoms with E-state index in [0.717, 1.165) is 58.7 Å². The van der Waals surface area contributed by atoms with Crippen LogP contribution in [-0.2, 0) is 23.8 Å². The molecule has 59 heavy (non-hydrogen) atoms. The minimum Gasteiger partial charge on any atom is -0.493 e. The number of benzene rings is 2. The van der Waals surface area contributed by atoms with Crippen molar-refractivity contribution in [3.05, 3.63) is 66.5 Å². The molecule has 4 amide bonds. The van der Waals surface area contributed by atoms with Crippen molar-refractivity contribution in [2.75, 3.05) is 47.1 Å². The van der Waals surface area contributed by atoms with Crippen LogP contribution < -0.4 is 15.4 Å². The molecule has 1 aliphatic carbocycles. The van der Waals surface area contributed by atoms with Gasteiger partial charge in [0.15, 0.2) is 0 Å². The van der Waals surface area contributed by atoms with E-state index in [1.54, 1.807) is 11.1 Å². The number of methoxy groups -OCH3 is 2. The van der Waals surface area contributed by atoms with Crippen LogP contribution in [0.3, 0.4) is 0 Å². The number of ether oxygens (including phenoxy) is 4. The summed E-state index contributed by atoms with van der Waals surface area (Å²) >= 11 is 0. The molecule has 4 aliphatic rings. The van der Waals surface area contributed by atoms with Crippen LogP contribution in [0.1, 0.15) is 69.7 Å². The molecule has 312 valence electrons. The highest BCUT2D eigenvalue weighted by Crippen LogP contribution is 2.56. The van der Waals surface area contributed by atoms with E-state index in [4.69, 9.17) is 28.9 Å². The Morgan fingerprint density at radius 2 is 1.59 bits per heavy atom. The van der Waals surface area contributed by atoms with Gasteiger partial charge in [-0.2, -0.15) is 0 Å². The quantitative estimate of drug-likeness (QED) is 0.182. The van der Waals surface area contributed by atoms with Gasteiger partial charge in [0.25, 0.3) is 0 Å². The number of aromatic nitrogens is 4. The van der Waals surface area contributed by atoms with Crippen molar-refractivity contribution in [2.45, 2.75) is 70.1 Å². The summed E-state index contributed by atoms with van der Waals surface area (Å²) in [5, 5.41) is 5.37. The van der Waals surface area contributed by atoms with Gasteiger partial charge in [-0.1, -0.05) is 44.2 Å². The zero-order chi connectivity index (χ0) is 41.2. The van der Waals surface area contributed by atoms with E-state index >= 15 is 0 Å². The topological polar surface area (TPSA) is 193 Å². The van der Waals surface area contributed by atoms with Crippen molar-refractivity contribution in [3.63, 3.8) is 0 Å². The fourth-order valence-electron chi connectivity index (χ4n) is 8.66. The van der Waals surface area contributed by atoms with Crippen LogP contribution in [0, 0.1) is 17.8 Å². The van der Waals surface area contributed by atoms with Gasteiger partial charge in [-0.25, -0.2) is 19.6 Å². The molecule has 16 heteroatoms. The second kappa shape index (κ2) is 17.1. The summed E-state index contributed by atoms with van der Waals surface area (Å²) in [6.07, 6.45) is 6.30. The number of hydrogen-bond donors (Lipinski definition) is 4. The number of carbonyl (C=O) groups is 4. The lowest BCUT2D eigenvalue weighted by Gasteiger charge is -2.31. The fourth-order valence-corrected chi connectivity index (χ4v) is 8.66. The van der Waals surface area contributed by atoms with E-state index in [-0.39, 0.29) is 36.4 Å².